The van der Waals surface area contributed by atoms with Gasteiger partial charge in [0.05, 0.1) is 6.54 Å². The first-order valence-corrected chi connectivity index (χ1v) is 5.24. The number of aromatic nitrogens is 1. The van der Waals surface area contributed by atoms with Gasteiger partial charge in [0.1, 0.15) is 5.69 Å². The average molecular weight is 242 g/mol. The maximum Gasteiger partial charge on any atom is 0.194 e. The Bertz CT molecular complexity index is 325. The lowest BCUT2D eigenvalue weighted by Gasteiger charge is -2.09. The summed E-state index contributed by atoms with van der Waals surface area (Å²) in [5.74, 6) is 0.0579. The molecule has 1 aromatic rings. The van der Waals surface area contributed by atoms with Gasteiger partial charge >= 0.3 is 0 Å². The zero-order valence-corrected chi connectivity index (χ0v) is 9.80. The minimum absolute atomic E-state index is 0. The number of rotatable bonds is 4. The number of carbonyl (C=O) groups excluding carboxylic acids is 1. The number of nitrogens with one attached hydrogen (secondary N) is 2. The van der Waals surface area contributed by atoms with E-state index in [4.69, 9.17) is 0 Å². The van der Waals surface area contributed by atoms with Crippen molar-refractivity contribution in [1.82, 2.24) is 15.6 Å². The lowest BCUT2D eigenvalue weighted by Crippen LogP contribution is -2.35. The Balaban J connectivity index is 0.00000128. The molecule has 0 spiro atoms. The zero-order valence-electron chi connectivity index (χ0n) is 8.98. The van der Waals surface area contributed by atoms with Crippen LogP contribution < -0.4 is 10.6 Å². The van der Waals surface area contributed by atoms with Crippen LogP contribution in [0.3, 0.4) is 0 Å². The predicted octanol–water partition coefficient (Wildman–Crippen LogP) is 0.638. The molecule has 2 heterocycles. The Morgan fingerprint density at radius 2 is 2.44 bits per heavy atom. The minimum atomic E-state index is 0. The van der Waals surface area contributed by atoms with E-state index >= 15 is 0 Å². The molecule has 1 fully saturated rings. The number of hydrogen-bond donors (Lipinski definition) is 2. The predicted molar refractivity (Wildman–Crippen MR) is 65.1 cm³/mol. The van der Waals surface area contributed by atoms with Crippen molar-refractivity contribution in [2.24, 2.45) is 0 Å². The van der Waals surface area contributed by atoms with Crippen LogP contribution in [0.15, 0.2) is 24.4 Å². The molecule has 5 heteroatoms. The molecule has 0 aromatic carbocycles. The van der Waals surface area contributed by atoms with Crippen molar-refractivity contribution < 1.29 is 4.79 Å². The highest BCUT2D eigenvalue weighted by molar-refractivity contribution is 5.95. The Hall–Kier alpha value is -0.970. The summed E-state index contributed by atoms with van der Waals surface area (Å²) in [7, 11) is 0. The van der Waals surface area contributed by atoms with Crippen LogP contribution in [-0.2, 0) is 0 Å². The highest BCUT2D eigenvalue weighted by Crippen LogP contribution is 1.98. The highest BCUT2D eigenvalue weighted by Gasteiger charge is 2.15. The lowest BCUT2D eigenvalue weighted by molar-refractivity contribution is 0.0983. The van der Waals surface area contributed by atoms with E-state index in [-0.39, 0.29) is 18.2 Å². The molecule has 88 valence electrons. The highest BCUT2D eigenvalue weighted by atomic mass is 35.5. The van der Waals surface area contributed by atoms with Gasteiger partial charge in [0.25, 0.3) is 0 Å². The van der Waals surface area contributed by atoms with Crippen LogP contribution in [0.25, 0.3) is 0 Å². The number of carbonyl (C=O) groups is 1. The van der Waals surface area contributed by atoms with Crippen LogP contribution in [0.2, 0.25) is 0 Å². The van der Waals surface area contributed by atoms with E-state index in [9.17, 15) is 4.79 Å². The quantitative estimate of drug-likeness (QED) is 0.760. The summed E-state index contributed by atoms with van der Waals surface area (Å²) in [5, 5.41) is 6.47. The van der Waals surface area contributed by atoms with Gasteiger partial charge in [0.15, 0.2) is 5.78 Å². The van der Waals surface area contributed by atoms with Crippen LogP contribution >= 0.6 is 12.4 Å². The number of hydrogen-bond acceptors (Lipinski definition) is 4. The summed E-state index contributed by atoms with van der Waals surface area (Å²) < 4.78 is 0. The van der Waals surface area contributed by atoms with E-state index in [1.54, 1.807) is 12.3 Å². The van der Waals surface area contributed by atoms with E-state index in [1.165, 1.54) is 0 Å². The molecule has 0 aliphatic carbocycles. The summed E-state index contributed by atoms with van der Waals surface area (Å²) >= 11 is 0. The molecule has 1 aromatic heterocycles. The summed E-state index contributed by atoms with van der Waals surface area (Å²) in [6.45, 7) is 2.37. The largest absolute Gasteiger partial charge is 0.315 e. The van der Waals surface area contributed by atoms with Crippen molar-refractivity contribution >= 4 is 18.2 Å². The van der Waals surface area contributed by atoms with Gasteiger partial charge in [-0.3, -0.25) is 9.78 Å². The molecule has 0 unspecified atom stereocenters. The molecule has 0 radical (unpaired) electrons. The van der Waals surface area contributed by atoms with Crippen LogP contribution in [0.1, 0.15) is 16.9 Å². The summed E-state index contributed by atoms with van der Waals surface area (Å²) in [4.78, 5) is 15.7. The molecule has 0 bridgehead atoms. The molecular weight excluding hydrogens is 226 g/mol. The van der Waals surface area contributed by atoms with Gasteiger partial charge in [0.2, 0.25) is 0 Å². The lowest BCUT2D eigenvalue weighted by atomic mass is 10.2. The molecule has 1 aliphatic rings. The number of Topliss-reactive ketones (excluding diaryl/α,β-unsaturated/α-hetero) is 1. The average Bonchev–Trinajstić information content (AvgIpc) is 2.80. The maximum absolute atomic E-state index is 11.7. The van der Waals surface area contributed by atoms with Gasteiger partial charge in [-0.05, 0) is 25.1 Å². The van der Waals surface area contributed by atoms with Crippen molar-refractivity contribution in [2.45, 2.75) is 12.5 Å². The van der Waals surface area contributed by atoms with Crippen molar-refractivity contribution in [3.63, 3.8) is 0 Å². The van der Waals surface area contributed by atoms with Crippen molar-refractivity contribution in [1.29, 1.82) is 0 Å². The molecular formula is C11H16ClN3O. The zero-order chi connectivity index (χ0) is 10.5. The van der Waals surface area contributed by atoms with Crippen LogP contribution in [0, 0.1) is 0 Å². The Morgan fingerprint density at radius 3 is 3.06 bits per heavy atom. The fourth-order valence-electron chi connectivity index (χ4n) is 1.68. The Labute approximate surface area is 101 Å². The first kappa shape index (κ1) is 13.1. The van der Waals surface area contributed by atoms with Gasteiger partial charge in [-0.15, -0.1) is 12.4 Å². The first-order chi connectivity index (χ1) is 7.36. The van der Waals surface area contributed by atoms with Crippen molar-refractivity contribution in [3.8, 4) is 0 Å². The standard InChI is InChI=1S/C11H15N3O.ClH/c15-11(10-3-1-2-5-13-10)8-14-9-4-6-12-7-9;/h1-3,5,9,12,14H,4,6-8H2;1H/t9-;/m1./s1. The maximum atomic E-state index is 11.7. The van der Waals surface area contributed by atoms with Gasteiger partial charge in [-0.25, -0.2) is 0 Å². The molecule has 1 saturated heterocycles. The fraction of sp³-hybridized carbons (Fsp3) is 0.455. The topological polar surface area (TPSA) is 54.0 Å². The van der Waals surface area contributed by atoms with Crippen molar-refractivity contribution in [3.05, 3.63) is 30.1 Å². The third kappa shape index (κ3) is 3.56. The summed E-state index contributed by atoms with van der Waals surface area (Å²) in [6, 6.07) is 5.82. The van der Waals surface area contributed by atoms with E-state index < -0.39 is 0 Å². The molecule has 4 nitrogen and oxygen atoms in total. The molecule has 1 aliphatic heterocycles. The van der Waals surface area contributed by atoms with E-state index in [0.29, 0.717) is 18.3 Å². The third-order valence-electron chi connectivity index (χ3n) is 2.56. The van der Waals surface area contributed by atoms with Gasteiger partial charge in [-0.1, -0.05) is 6.07 Å². The number of nitrogens with zero attached hydrogens (tertiary/aromatic N) is 1. The normalized spacial score (nSPS) is 19.1. The second kappa shape index (κ2) is 6.58. The first-order valence-electron chi connectivity index (χ1n) is 5.24. The fourth-order valence-corrected chi connectivity index (χ4v) is 1.68. The molecule has 2 rings (SSSR count). The minimum Gasteiger partial charge on any atom is -0.315 e. The van der Waals surface area contributed by atoms with Gasteiger partial charge in [0, 0.05) is 18.8 Å². The molecule has 16 heavy (non-hydrogen) atoms. The molecule has 1 atom stereocenters. The Kier molecular flexibility index (Phi) is 5.38. The van der Waals surface area contributed by atoms with E-state index in [0.717, 1.165) is 19.5 Å². The second-order valence-corrected chi connectivity index (χ2v) is 3.71. The Morgan fingerprint density at radius 1 is 1.56 bits per heavy atom. The molecule has 2 N–H and O–H groups in total. The smallest absolute Gasteiger partial charge is 0.194 e. The van der Waals surface area contributed by atoms with Gasteiger partial charge in [-0.2, -0.15) is 0 Å². The number of pyridine rings is 1. The van der Waals surface area contributed by atoms with Crippen LogP contribution in [-0.4, -0.2) is 36.4 Å². The third-order valence-corrected chi connectivity index (χ3v) is 2.56. The van der Waals surface area contributed by atoms with Crippen LogP contribution in [0.4, 0.5) is 0 Å². The monoisotopic (exact) mass is 241 g/mol. The number of ketones is 1. The van der Waals surface area contributed by atoms with Crippen molar-refractivity contribution in [2.75, 3.05) is 19.6 Å². The van der Waals surface area contributed by atoms with Crippen LogP contribution in [0.5, 0.6) is 0 Å². The summed E-state index contributed by atoms with van der Waals surface area (Å²) in [5.41, 5.74) is 0.538. The summed E-state index contributed by atoms with van der Waals surface area (Å²) in [6.07, 6.45) is 2.74. The molecule has 0 saturated carbocycles. The second-order valence-electron chi connectivity index (χ2n) is 3.71. The van der Waals surface area contributed by atoms with E-state index in [2.05, 4.69) is 15.6 Å². The van der Waals surface area contributed by atoms with Gasteiger partial charge < -0.3 is 10.6 Å². The van der Waals surface area contributed by atoms with E-state index in [1.807, 2.05) is 12.1 Å². The SMILES string of the molecule is Cl.O=C(CN[C@@H]1CCNC1)c1ccccn1. The number of halogens is 1. The molecule has 0 amide bonds.